The summed E-state index contributed by atoms with van der Waals surface area (Å²) < 4.78 is 83.3. The molecule has 36 heavy (non-hydrogen) atoms. The summed E-state index contributed by atoms with van der Waals surface area (Å²) >= 11 is 0. The number of nitrogens with one attached hydrogen (secondary N) is 2. The molecule has 0 aliphatic carbocycles. The summed E-state index contributed by atoms with van der Waals surface area (Å²) in [4.78, 5) is 0. The summed E-state index contributed by atoms with van der Waals surface area (Å²) in [5.41, 5.74) is 1.70. The van der Waals surface area contributed by atoms with Crippen molar-refractivity contribution in [3.8, 4) is 17.6 Å². The predicted octanol–water partition coefficient (Wildman–Crippen LogP) is 4.80. The van der Waals surface area contributed by atoms with Crippen LogP contribution in [-0.2, 0) is 16.4 Å². The zero-order valence-electron chi connectivity index (χ0n) is 19.5. The quantitative estimate of drug-likeness (QED) is 0.359. The van der Waals surface area contributed by atoms with Gasteiger partial charge in [0, 0.05) is 23.2 Å². The third-order valence-corrected chi connectivity index (χ3v) is 7.66. The molecule has 11 heteroatoms. The van der Waals surface area contributed by atoms with Crippen molar-refractivity contribution < 1.29 is 30.7 Å². The molecule has 1 saturated heterocycles. The van der Waals surface area contributed by atoms with Crippen LogP contribution in [0.4, 0.5) is 28.9 Å². The highest BCUT2D eigenvalue weighted by Gasteiger charge is 2.30. The number of anilines is 2. The lowest BCUT2D eigenvalue weighted by molar-refractivity contribution is -0.140. The van der Waals surface area contributed by atoms with Crippen molar-refractivity contribution in [2.75, 3.05) is 35.8 Å². The van der Waals surface area contributed by atoms with Gasteiger partial charge in [-0.3, -0.25) is 0 Å². The van der Waals surface area contributed by atoms with Crippen LogP contribution in [0.2, 0.25) is 0 Å². The Labute approximate surface area is 206 Å². The number of benzene rings is 2. The van der Waals surface area contributed by atoms with Crippen molar-refractivity contribution in [3.63, 3.8) is 0 Å². The Balaban J connectivity index is 1.60. The molecule has 0 bridgehead atoms. The van der Waals surface area contributed by atoms with Crippen molar-refractivity contribution in [3.05, 3.63) is 54.0 Å². The second-order valence-corrected chi connectivity index (χ2v) is 10.8. The maximum absolute atomic E-state index is 13.4. The summed E-state index contributed by atoms with van der Waals surface area (Å²) in [5, 5.41) is 6.86. The summed E-state index contributed by atoms with van der Waals surface area (Å²) in [5.74, 6) is 5.63. The lowest BCUT2D eigenvalue weighted by Gasteiger charge is -2.24. The van der Waals surface area contributed by atoms with E-state index in [-0.39, 0.29) is 35.5 Å². The zero-order chi connectivity index (χ0) is 25.9. The second kappa shape index (κ2) is 10.3. The molecule has 0 spiro atoms. The monoisotopic (exact) mass is 523 g/mol. The molecule has 2 N–H and O–H groups in total. The van der Waals surface area contributed by atoms with Crippen LogP contribution in [0.15, 0.2) is 42.5 Å². The van der Waals surface area contributed by atoms with Crippen LogP contribution in [0, 0.1) is 17.7 Å². The van der Waals surface area contributed by atoms with Crippen molar-refractivity contribution in [2.45, 2.75) is 31.6 Å². The van der Waals surface area contributed by atoms with Crippen molar-refractivity contribution >= 4 is 32.1 Å². The molecule has 2 aromatic carbocycles. The van der Waals surface area contributed by atoms with Gasteiger partial charge in [0.1, 0.15) is 27.9 Å². The lowest BCUT2D eigenvalue weighted by atomic mass is 10.1. The molecule has 2 heterocycles. The number of nitrogens with zero attached hydrogens (tertiary/aromatic N) is 1. The van der Waals surface area contributed by atoms with Gasteiger partial charge in [-0.2, -0.15) is 13.2 Å². The van der Waals surface area contributed by atoms with Crippen LogP contribution in [0.5, 0.6) is 5.75 Å². The molecule has 0 amide bonds. The van der Waals surface area contributed by atoms with E-state index in [1.165, 1.54) is 25.3 Å². The van der Waals surface area contributed by atoms with Gasteiger partial charge in [-0.1, -0.05) is 12.0 Å². The molecule has 6 nitrogen and oxygen atoms in total. The van der Waals surface area contributed by atoms with Gasteiger partial charge in [-0.25, -0.2) is 12.8 Å². The number of hydrogen-bond acceptors (Lipinski definition) is 5. The first-order valence-corrected chi connectivity index (χ1v) is 13.1. The highest BCUT2D eigenvalue weighted by Crippen LogP contribution is 2.31. The van der Waals surface area contributed by atoms with E-state index in [4.69, 9.17) is 4.74 Å². The van der Waals surface area contributed by atoms with E-state index in [0.717, 1.165) is 4.57 Å². The summed E-state index contributed by atoms with van der Waals surface area (Å²) in [6, 6.07) is 10.5. The maximum atomic E-state index is 13.4. The first-order chi connectivity index (χ1) is 17.0. The molecule has 0 saturated carbocycles. The molecular weight excluding hydrogens is 498 g/mol. The number of halogens is 4. The second-order valence-electron chi connectivity index (χ2n) is 8.54. The zero-order valence-corrected chi connectivity index (χ0v) is 20.3. The molecule has 0 radical (unpaired) electrons. The number of rotatable bonds is 6. The molecule has 1 aromatic heterocycles. The predicted molar refractivity (Wildman–Crippen MR) is 132 cm³/mol. The minimum absolute atomic E-state index is 0.0816. The van der Waals surface area contributed by atoms with Crippen LogP contribution >= 0.6 is 0 Å². The number of alkyl halides is 3. The molecule has 192 valence electrons. The van der Waals surface area contributed by atoms with Gasteiger partial charge in [0.2, 0.25) is 0 Å². The van der Waals surface area contributed by atoms with Gasteiger partial charge < -0.3 is 19.9 Å². The van der Waals surface area contributed by atoms with Crippen molar-refractivity contribution in [2.24, 2.45) is 0 Å². The number of ether oxygens (including phenoxy) is 1. The Morgan fingerprint density at radius 3 is 2.56 bits per heavy atom. The average Bonchev–Trinajstić information content (AvgIpc) is 3.15. The van der Waals surface area contributed by atoms with E-state index >= 15 is 0 Å². The summed E-state index contributed by atoms with van der Waals surface area (Å²) in [7, 11) is -1.63. The van der Waals surface area contributed by atoms with E-state index in [9.17, 15) is 26.0 Å². The van der Waals surface area contributed by atoms with E-state index in [0.29, 0.717) is 35.1 Å². The van der Waals surface area contributed by atoms with E-state index < -0.39 is 28.4 Å². The molecule has 1 aliphatic heterocycles. The Hall–Kier alpha value is -3.39. The van der Waals surface area contributed by atoms with Crippen LogP contribution in [0.3, 0.4) is 0 Å². The number of methoxy groups -OCH3 is 1. The highest BCUT2D eigenvalue weighted by atomic mass is 32.2. The van der Waals surface area contributed by atoms with E-state index in [1.807, 2.05) is 0 Å². The maximum Gasteiger partial charge on any atom is 0.406 e. The Kier molecular flexibility index (Phi) is 7.36. The summed E-state index contributed by atoms with van der Waals surface area (Å²) in [6.45, 7) is -1.11. The van der Waals surface area contributed by atoms with Gasteiger partial charge >= 0.3 is 6.18 Å². The van der Waals surface area contributed by atoms with Crippen LogP contribution in [0.1, 0.15) is 18.5 Å². The fourth-order valence-corrected chi connectivity index (χ4v) is 5.69. The largest absolute Gasteiger partial charge is 0.494 e. The van der Waals surface area contributed by atoms with Gasteiger partial charge in [-0.05, 0) is 49.1 Å². The van der Waals surface area contributed by atoms with Crippen LogP contribution in [-0.4, -0.2) is 50.4 Å². The average molecular weight is 524 g/mol. The fourth-order valence-electron chi connectivity index (χ4n) is 4.20. The smallest absolute Gasteiger partial charge is 0.406 e. The summed E-state index contributed by atoms with van der Waals surface area (Å²) in [6.07, 6.45) is -3.58. The Bertz CT molecular complexity index is 1410. The van der Waals surface area contributed by atoms with Gasteiger partial charge in [-0.15, -0.1) is 0 Å². The third-order valence-electron chi connectivity index (χ3n) is 5.94. The lowest BCUT2D eigenvalue weighted by Crippen LogP contribution is -2.32. The highest BCUT2D eigenvalue weighted by molar-refractivity contribution is 7.91. The SMILES string of the molecule is COc1cc(F)ccc1NCC#Cc1cc2c(NC3CCS(=O)(=O)CC3)cccc2n1CC(F)(F)F. The van der Waals surface area contributed by atoms with Crippen molar-refractivity contribution in [1.29, 1.82) is 0 Å². The van der Waals surface area contributed by atoms with Gasteiger partial charge in [0.05, 0.1) is 42.1 Å². The number of hydrogen-bond donors (Lipinski definition) is 2. The normalized spacial score (nSPS) is 15.8. The minimum Gasteiger partial charge on any atom is -0.494 e. The molecule has 0 atom stereocenters. The molecule has 1 fully saturated rings. The molecule has 3 aromatic rings. The number of sulfone groups is 1. The molecule has 1 aliphatic rings. The van der Waals surface area contributed by atoms with Crippen LogP contribution < -0.4 is 15.4 Å². The van der Waals surface area contributed by atoms with Gasteiger partial charge in [0.15, 0.2) is 0 Å². The van der Waals surface area contributed by atoms with E-state index in [2.05, 4.69) is 22.5 Å². The molecule has 4 rings (SSSR count). The van der Waals surface area contributed by atoms with E-state index in [1.54, 1.807) is 24.3 Å². The van der Waals surface area contributed by atoms with Crippen LogP contribution in [0.25, 0.3) is 10.9 Å². The standard InChI is InChI=1S/C25H25F4N3O3S/c1-35-24-14-17(26)7-8-22(24)30-11-3-4-19-15-20-21(31-18-9-12-36(33,34)13-10-18)5-2-6-23(20)32(19)16-25(27,28)29/h2,5-8,14-15,18,30-31H,9-13,16H2,1H3. The fraction of sp³-hybridized carbons (Fsp3) is 0.360. The topological polar surface area (TPSA) is 72.4 Å². The van der Waals surface area contributed by atoms with Crippen molar-refractivity contribution in [1.82, 2.24) is 4.57 Å². The first kappa shape index (κ1) is 25.7. The minimum atomic E-state index is -4.46. The number of fused-ring (bicyclic) bond motifs is 1. The molecule has 0 unspecified atom stereocenters. The van der Waals surface area contributed by atoms with Gasteiger partial charge in [0.25, 0.3) is 0 Å². The Morgan fingerprint density at radius 1 is 1.11 bits per heavy atom. The molecular formula is C25H25F4N3O3S. The Morgan fingerprint density at radius 2 is 1.86 bits per heavy atom. The first-order valence-electron chi connectivity index (χ1n) is 11.3. The third kappa shape index (κ3) is 6.23. The number of aromatic nitrogens is 1.